The molecule has 0 aromatic heterocycles. The van der Waals surface area contributed by atoms with Gasteiger partial charge in [-0.25, -0.2) is 4.79 Å². The van der Waals surface area contributed by atoms with Crippen LogP contribution in [0, 0.1) is 0 Å². The number of amides is 1. The van der Waals surface area contributed by atoms with E-state index in [-0.39, 0.29) is 6.09 Å². The minimum absolute atomic E-state index is 0.322. The number of nitrogens with one attached hydrogen (secondary N) is 1. The van der Waals surface area contributed by atoms with Gasteiger partial charge in [0.2, 0.25) is 0 Å². The summed E-state index contributed by atoms with van der Waals surface area (Å²) in [5, 5.41) is 2.76. The van der Waals surface area contributed by atoms with Crippen LogP contribution >= 0.6 is 0 Å². The number of nitrogens with zero attached hydrogens (tertiary/aromatic N) is 1. The van der Waals surface area contributed by atoms with E-state index in [9.17, 15) is 4.79 Å². The van der Waals surface area contributed by atoms with Gasteiger partial charge in [-0.15, -0.1) is 0 Å². The van der Waals surface area contributed by atoms with Crippen molar-refractivity contribution in [2.75, 3.05) is 34.2 Å². The van der Waals surface area contributed by atoms with E-state index in [1.807, 2.05) is 20.8 Å². The molecule has 0 rings (SSSR count). The minimum Gasteiger partial charge on any atom is -0.444 e. The summed E-state index contributed by atoms with van der Waals surface area (Å²) >= 11 is 0. The Bertz CT molecular complexity index is 214. The van der Waals surface area contributed by atoms with Crippen LogP contribution in [0.1, 0.15) is 33.6 Å². The minimum atomic E-state index is -0.410. The number of hydrogen-bond donors (Lipinski definition) is 1. The smallest absolute Gasteiger partial charge is 0.407 e. The zero-order valence-electron chi connectivity index (χ0n) is 11.6. The Kier molecular flexibility index (Phi) is 5.79. The third kappa shape index (κ3) is 11.3. The first kappa shape index (κ1) is 15.2. The molecule has 0 saturated carbocycles. The average molecular weight is 231 g/mol. The van der Waals surface area contributed by atoms with Crippen molar-refractivity contribution < 1.29 is 14.0 Å². The molecular formula is C12H27N2O2+. The highest BCUT2D eigenvalue weighted by Crippen LogP contribution is 2.06. The molecule has 0 aliphatic heterocycles. The predicted molar refractivity (Wildman–Crippen MR) is 66.4 cm³/mol. The topological polar surface area (TPSA) is 38.3 Å². The van der Waals surface area contributed by atoms with Crippen LogP contribution < -0.4 is 5.32 Å². The third-order valence-electron chi connectivity index (χ3n) is 1.92. The van der Waals surface area contributed by atoms with Crippen LogP contribution in [0.4, 0.5) is 4.79 Å². The molecule has 1 N–H and O–H groups in total. The largest absolute Gasteiger partial charge is 0.444 e. The first-order chi connectivity index (χ1) is 7.10. The summed E-state index contributed by atoms with van der Waals surface area (Å²) in [6.45, 7) is 7.40. The zero-order valence-corrected chi connectivity index (χ0v) is 11.6. The van der Waals surface area contributed by atoms with Crippen molar-refractivity contribution in [1.82, 2.24) is 5.32 Å². The maximum Gasteiger partial charge on any atom is 0.407 e. The van der Waals surface area contributed by atoms with Gasteiger partial charge in [0.1, 0.15) is 5.60 Å². The summed E-state index contributed by atoms with van der Waals surface area (Å²) in [6.07, 6.45) is 1.78. The van der Waals surface area contributed by atoms with E-state index in [0.717, 1.165) is 23.9 Å². The number of unbranched alkanes of at least 4 members (excludes halogenated alkanes) is 1. The van der Waals surface area contributed by atoms with Crippen LogP contribution in [-0.4, -0.2) is 50.4 Å². The van der Waals surface area contributed by atoms with Gasteiger partial charge >= 0.3 is 6.09 Å². The molecule has 0 bridgehead atoms. The van der Waals surface area contributed by atoms with E-state index in [4.69, 9.17) is 4.74 Å². The maximum atomic E-state index is 11.3. The van der Waals surface area contributed by atoms with Gasteiger partial charge in [-0.3, -0.25) is 0 Å². The summed E-state index contributed by atoms with van der Waals surface area (Å²) in [7, 11) is 6.50. The lowest BCUT2D eigenvalue weighted by Gasteiger charge is -2.23. The lowest BCUT2D eigenvalue weighted by molar-refractivity contribution is -0.870. The number of hydrogen-bond acceptors (Lipinski definition) is 2. The highest BCUT2D eigenvalue weighted by molar-refractivity contribution is 5.67. The molecule has 16 heavy (non-hydrogen) atoms. The molecule has 0 heterocycles. The maximum absolute atomic E-state index is 11.3. The van der Waals surface area contributed by atoms with Crippen LogP contribution in [0.2, 0.25) is 0 Å². The standard InChI is InChI=1S/C12H26N2O2/c1-12(2,3)16-11(15)13-9-7-8-10-14(4,5)6/h7-10H2,1-6H3/p+1. The van der Waals surface area contributed by atoms with Crippen LogP contribution in [-0.2, 0) is 4.74 Å². The number of carbonyl (C=O) groups excluding carboxylic acids is 1. The summed E-state index contributed by atoms with van der Waals surface area (Å²) in [6, 6.07) is 0. The molecule has 0 unspecified atom stereocenters. The molecule has 0 aliphatic carbocycles. The molecule has 1 amide bonds. The van der Waals surface area contributed by atoms with E-state index < -0.39 is 5.60 Å². The fourth-order valence-electron chi connectivity index (χ4n) is 1.22. The van der Waals surface area contributed by atoms with Crippen molar-refractivity contribution in [2.45, 2.75) is 39.2 Å². The average Bonchev–Trinajstić information content (AvgIpc) is 1.97. The Balaban J connectivity index is 3.50. The zero-order chi connectivity index (χ0) is 12.8. The first-order valence-corrected chi connectivity index (χ1v) is 5.87. The van der Waals surface area contributed by atoms with Crippen LogP contribution in [0.25, 0.3) is 0 Å². The van der Waals surface area contributed by atoms with Crippen molar-refractivity contribution in [3.63, 3.8) is 0 Å². The molecule has 0 aromatic rings. The molecule has 0 fully saturated rings. The SMILES string of the molecule is CC(C)(C)OC(=O)NCCCC[N+](C)(C)C. The van der Waals surface area contributed by atoms with Crippen molar-refractivity contribution in [3.8, 4) is 0 Å². The summed E-state index contributed by atoms with van der Waals surface area (Å²) in [4.78, 5) is 11.3. The highest BCUT2D eigenvalue weighted by Gasteiger charge is 2.15. The summed E-state index contributed by atoms with van der Waals surface area (Å²) in [5.74, 6) is 0. The lowest BCUT2D eigenvalue weighted by atomic mass is 10.2. The Hall–Kier alpha value is -0.770. The second-order valence-electron chi connectivity index (χ2n) is 6.15. The van der Waals surface area contributed by atoms with Crippen molar-refractivity contribution in [3.05, 3.63) is 0 Å². The molecule has 4 nitrogen and oxygen atoms in total. The summed E-state index contributed by atoms with van der Waals surface area (Å²) < 4.78 is 6.10. The Labute approximate surface area is 99.5 Å². The molecular weight excluding hydrogens is 204 g/mol. The summed E-state index contributed by atoms with van der Waals surface area (Å²) in [5.41, 5.74) is -0.410. The number of quaternary nitrogens is 1. The second-order valence-corrected chi connectivity index (χ2v) is 6.15. The third-order valence-corrected chi connectivity index (χ3v) is 1.92. The molecule has 0 spiro atoms. The number of rotatable bonds is 5. The Morgan fingerprint density at radius 3 is 2.19 bits per heavy atom. The van der Waals surface area contributed by atoms with E-state index in [1.54, 1.807) is 0 Å². The van der Waals surface area contributed by atoms with E-state index in [2.05, 4.69) is 26.5 Å². The fraction of sp³-hybridized carbons (Fsp3) is 0.917. The number of alkyl carbamates (subject to hydrolysis) is 1. The first-order valence-electron chi connectivity index (χ1n) is 5.87. The molecule has 0 aliphatic rings. The van der Waals surface area contributed by atoms with E-state index in [0.29, 0.717) is 6.54 Å². The van der Waals surface area contributed by atoms with Gasteiger partial charge in [0, 0.05) is 6.54 Å². The van der Waals surface area contributed by atoms with E-state index >= 15 is 0 Å². The Morgan fingerprint density at radius 2 is 1.75 bits per heavy atom. The fourth-order valence-corrected chi connectivity index (χ4v) is 1.22. The predicted octanol–water partition coefficient (Wildman–Crippen LogP) is 2.00. The Morgan fingerprint density at radius 1 is 1.19 bits per heavy atom. The molecule has 0 atom stereocenters. The van der Waals surface area contributed by atoms with E-state index in [1.165, 1.54) is 0 Å². The van der Waals surface area contributed by atoms with Gasteiger partial charge in [-0.1, -0.05) is 0 Å². The normalized spacial score (nSPS) is 12.4. The monoisotopic (exact) mass is 231 g/mol. The van der Waals surface area contributed by atoms with Crippen molar-refractivity contribution in [1.29, 1.82) is 0 Å². The quantitative estimate of drug-likeness (QED) is 0.580. The van der Waals surface area contributed by atoms with Crippen LogP contribution in [0.3, 0.4) is 0 Å². The van der Waals surface area contributed by atoms with Gasteiger partial charge in [-0.05, 0) is 33.6 Å². The van der Waals surface area contributed by atoms with Crippen LogP contribution in [0.15, 0.2) is 0 Å². The molecule has 0 radical (unpaired) electrons. The van der Waals surface area contributed by atoms with Crippen molar-refractivity contribution in [2.24, 2.45) is 0 Å². The second kappa shape index (κ2) is 6.09. The molecule has 4 heteroatoms. The molecule has 0 aromatic carbocycles. The van der Waals surface area contributed by atoms with Gasteiger partial charge in [0.25, 0.3) is 0 Å². The van der Waals surface area contributed by atoms with Gasteiger partial charge in [0.15, 0.2) is 0 Å². The van der Waals surface area contributed by atoms with Gasteiger partial charge < -0.3 is 14.5 Å². The van der Waals surface area contributed by atoms with Gasteiger partial charge in [-0.2, -0.15) is 0 Å². The lowest BCUT2D eigenvalue weighted by Crippen LogP contribution is -2.36. The molecule has 0 saturated heterocycles. The number of ether oxygens (including phenoxy) is 1. The van der Waals surface area contributed by atoms with Gasteiger partial charge in [0.05, 0.1) is 27.7 Å². The highest BCUT2D eigenvalue weighted by atomic mass is 16.6. The van der Waals surface area contributed by atoms with Crippen molar-refractivity contribution >= 4 is 6.09 Å². The number of carbonyl (C=O) groups is 1. The van der Waals surface area contributed by atoms with Crippen LogP contribution in [0.5, 0.6) is 0 Å². The molecule has 96 valence electrons.